The molecule has 0 amide bonds. The SMILES string of the molecule is CCCCCCC1=C(c2cccc(CCCC)c2)[N+](=[N-])C(c2ccc(CCCCC)cc2)=C1.[CH2-]CCCCCC.[CH2-]CCCCCC.[Ni+2]. The van der Waals surface area contributed by atoms with E-state index in [0.717, 1.165) is 61.0 Å². The normalized spacial score (nSPS) is 12.1. The van der Waals surface area contributed by atoms with E-state index >= 15 is 0 Å². The van der Waals surface area contributed by atoms with Gasteiger partial charge in [0.05, 0.1) is 0 Å². The Morgan fingerprint density at radius 3 is 1.56 bits per heavy atom. The van der Waals surface area contributed by atoms with Crippen molar-refractivity contribution >= 4 is 11.4 Å². The van der Waals surface area contributed by atoms with Crippen LogP contribution in [-0.4, -0.2) is 4.70 Å². The van der Waals surface area contributed by atoms with Gasteiger partial charge in [0, 0.05) is 22.8 Å². The van der Waals surface area contributed by atoms with Gasteiger partial charge in [-0.05, 0) is 73.9 Å². The van der Waals surface area contributed by atoms with Crippen molar-refractivity contribution in [1.82, 2.24) is 0 Å². The van der Waals surface area contributed by atoms with Crippen molar-refractivity contribution in [2.75, 3.05) is 0 Å². The largest absolute Gasteiger partial charge is 2.00 e. The Kier molecular flexibility index (Phi) is 29.7. The molecule has 0 aromatic heterocycles. The average Bonchev–Trinajstić information content (AvgIpc) is 3.43. The van der Waals surface area contributed by atoms with Crippen LogP contribution in [0, 0.1) is 13.8 Å². The van der Waals surface area contributed by atoms with Crippen LogP contribution >= 0.6 is 0 Å². The molecule has 0 radical (unpaired) electrons. The minimum Gasteiger partial charge on any atom is -0.493 e. The van der Waals surface area contributed by atoms with E-state index in [0.29, 0.717) is 0 Å². The monoisotopic (exact) mass is 699 g/mol. The summed E-state index contributed by atoms with van der Waals surface area (Å²) in [5.74, 6) is 0. The smallest absolute Gasteiger partial charge is 0.493 e. The molecule has 0 fully saturated rings. The van der Waals surface area contributed by atoms with Crippen molar-refractivity contribution < 1.29 is 21.2 Å². The van der Waals surface area contributed by atoms with Gasteiger partial charge in [-0.1, -0.05) is 149 Å². The molecular weight excluding hydrogens is 627 g/mol. The molecular formula is C45H72N2Ni. The first-order chi connectivity index (χ1) is 23.0. The number of hydrogen-bond acceptors (Lipinski definition) is 0. The van der Waals surface area contributed by atoms with Crippen molar-refractivity contribution in [3.63, 3.8) is 0 Å². The number of rotatable bonds is 22. The summed E-state index contributed by atoms with van der Waals surface area (Å²) in [6, 6.07) is 17.6. The molecule has 0 atom stereocenters. The van der Waals surface area contributed by atoms with Gasteiger partial charge in [-0.25, -0.2) is 4.70 Å². The zero-order valence-electron chi connectivity index (χ0n) is 31.9. The minimum atomic E-state index is 0. The average molecular weight is 700 g/mol. The van der Waals surface area contributed by atoms with Gasteiger partial charge in [-0.2, -0.15) is 12.8 Å². The Bertz CT molecular complexity index is 1110. The number of benzene rings is 2. The van der Waals surface area contributed by atoms with Gasteiger partial charge < -0.3 is 19.4 Å². The maximum absolute atomic E-state index is 11.3. The first kappa shape index (κ1) is 46.0. The number of unbranched alkanes of at least 4 members (excludes halogenated alkanes) is 14. The summed E-state index contributed by atoms with van der Waals surface area (Å²) in [7, 11) is 0. The molecule has 0 aliphatic carbocycles. The van der Waals surface area contributed by atoms with Gasteiger partial charge in [0.1, 0.15) is 0 Å². The topological polar surface area (TPSA) is 25.3 Å². The van der Waals surface area contributed by atoms with Crippen molar-refractivity contribution in [3.8, 4) is 0 Å². The molecule has 1 aliphatic heterocycles. The van der Waals surface area contributed by atoms with E-state index in [1.165, 1.54) is 124 Å². The van der Waals surface area contributed by atoms with E-state index in [1.54, 1.807) is 0 Å². The van der Waals surface area contributed by atoms with Gasteiger partial charge in [0.15, 0.2) is 0 Å². The zero-order valence-corrected chi connectivity index (χ0v) is 32.9. The second-order valence-corrected chi connectivity index (χ2v) is 13.3. The van der Waals surface area contributed by atoms with Gasteiger partial charge >= 0.3 is 16.5 Å². The second-order valence-electron chi connectivity index (χ2n) is 13.3. The van der Waals surface area contributed by atoms with Crippen LogP contribution in [0.2, 0.25) is 0 Å². The summed E-state index contributed by atoms with van der Waals surface area (Å²) in [5.41, 5.74) is 19.4. The predicted octanol–water partition coefficient (Wildman–Crippen LogP) is 15.1. The maximum Gasteiger partial charge on any atom is 2.00 e. The molecule has 3 rings (SSSR count). The third-order valence-electron chi connectivity index (χ3n) is 8.90. The summed E-state index contributed by atoms with van der Waals surface area (Å²) in [6.45, 7) is 18.7. The molecule has 3 heteroatoms. The first-order valence-corrected chi connectivity index (χ1v) is 19.7. The number of allylic oxidation sites excluding steroid dienone is 2. The van der Waals surface area contributed by atoms with E-state index < -0.39 is 0 Å². The first-order valence-electron chi connectivity index (χ1n) is 19.7. The van der Waals surface area contributed by atoms with E-state index in [-0.39, 0.29) is 16.5 Å². The Labute approximate surface area is 309 Å². The molecule has 0 saturated carbocycles. The van der Waals surface area contributed by atoms with Gasteiger partial charge in [-0.15, -0.1) is 0 Å². The Morgan fingerprint density at radius 2 is 1.02 bits per heavy atom. The zero-order chi connectivity index (χ0) is 34.5. The van der Waals surface area contributed by atoms with Crippen LogP contribution in [0.4, 0.5) is 0 Å². The Balaban J connectivity index is 0.00000123. The van der Waals surface area contributed by atoms with Crippen molar-refractivity contribution in [2.45, 2.75) is 176 Å². The van der Waals surface area contributed by atoms with E-state index in [9.17, 15) is 5.53 Å². The van der Waals surface area contributed by atoms with Crippen molar-refractivity contribution in [2.24, 2.45) is 0 Å². The third-order valence-corrected chi connectivity index (χ3v) is 8.90. The van der Waals surface area contributed by atoms with Gasteiger partial charge in [0.2, 0.25) is 11.4 Å². The Morgan fingerprint density at radius 1 is 0.521 bits per heavy atom. The van der Waals surface area contributed by atoms with Crippen LogP contribution < -0.4 is 0 Å². The Hall–Kier alpha value is -1.99. The number of aryl methyl sites for hydroxylation is 2. The van der Waals surface area contributed by atoms with Crippen LogP contribution in [0.5, 0.6) is 0 Å². The van der Waals surface area contributed by atoms with E-state index in [4.69, 9.17) is 0 Å². The summed E-state index contributed by atoms with van der Waals surface area (Å²) in [4.78, 5) is 0. The fourth-order valence-corrected chi connectivity index (χ4v) is 5.88. The maximum atomic E-state index is 11.3. The van der Waals surface area contributed by atoms with Crippen LogP contribution in [0.1, 0.15) is 185 Å². The molecule has 48 heavy (non-hydrogen) atoms. The molecule has 2 aromatic rings. The summed E-state index contributed by atoms with van der Waals surface area (Å²) in [5, 5.41) is 0. The van der Waals surface area contributed by atoms with E-state index in [1.807, 2.05) is 0 Å². The second kappa shape index (κ2) is 31.0. The van der Waals surface area contributed by atoms with Crippen molar-refractivity contribution in [3.05, 3.63) is 102 Å². The van der Waals surface area contributed by atoms with Crippen LogP contribution in [0.3, 0.4) is 0 Å². The van der Waals surface area contributed by atoms with Gasteiger partial charge in [0.25, 0.3) is 0 Å². The number of hydrogen-bond donors (Lipinski definition) is 0. The summed E-state index contributed by atoms with van der Waals surface area (Å²) >= 11 is 0. The molecule has 0 saturated heterocycles. The molecule has 1 heterocycles. The van der Waals surface area contributed by atoms with Crippen LogP contribution in [0.15, 0.2) is 60.2 Å². The summed E-state index contributed by atoms with van der Waals surface area (Å²) < 4.78 is 1.44. The van der Waals surface area contributed by atoms with Crippen LogP contribution in [-0.2, 0) is 29.3 Å². The molecule has 2 nitrogen and oxygen atoms in total. The molecule has 2 aromatic carbocycles. The molecule has 1 aliphatic rings. The molecule has 0 unspecified atom stereocenters. The quantitative estimate of drug-likeness (QED) is 0.0506. The van der Waals surface area contributed by atoms with Crippen molar-refractivity contribution in [1.29, 1.82) is 0 Å². The van der Waals surface area contributed by atoms with Crippen LogP contribution in [0.25, 0.3) is 16.9 Å². The number of nitrogens with zero attached hydrogens (tertiary/aromatic N) is 2. The minimum absolute atomic E-state index is 0. The fraction of sp³-hybridized carbons (Fsp3) is 0.600. The fourth-order valence-electron chi connectivity index (χ4n) is 5.88. The van der Waals surface area contributed by atoms with E-state index in [2.05, 4.69) is 103 Å². The summed E-state index contributed by atoms with van der Waals surface area (Å²) in [6.07, 6.45) is 29.6. The predicted molar refractivity (Wildman–Crippen MR) is 210 cm³/mol. The standard InChI is InChI=1S/C31H42N2.2C7H15.Ni/c1-4-7-10-12-17-29-24-30(27-21-19-25(20-22-27)15-11-8-5-2)33(32)31(29)28-18-13-16-26(23-28)14-9-6-3;2*1-3-5-7-6-4-2;/h13,16,18-24H,4-12,14-15,17H2,1-3H3;2*1,3-7H2,2H3;/q;2*-1;+2. The molecule has 0 N–H and O–H groups in total. The molecule has 0 bridgehead atoms. The third kappa shape index (κ3) is 19.3. The van der Waals surface area contributed by atoms with Gasteiger partial charge in [-0.3, -0.25) is 0 Å². The molecule has 272 valence electrons. The molecule has 0 spiro atoms.